The van der Waals surface area contributed by atoms with E-state index in [1.54, 1.807) is 57.4 Å². The van der Waals surface area contributed by atoms with Gasteiger partial charge in [0, 0.05) is 35.6 Å². The molecule has 3 heterocycles. The van der Waals surface area contributed by atoms with E-state index in [0.717, 1.165) is 17.8 Å². The third-order valence-corrected chi connectivity index (χ3v) is 6.79. The fourth-order valence-corrected chi connectivity index (χ4v) is 4.99. The van der Waals surface area contributed by atoms with Crippen molar-refractivity contribution in [1.82, 2.24) is 24.4 Å². The Balaban J connectivity index is 1.50. The predicted molar refractivity (Wildman–Crippen MR) is 152 cm³/mol. The van der Waals surface area contributed by atoms with Crippen LogP contribution < -0.4 is 16.6 Å². The molecular formula is C31H30FN5O4. The number of ether oxygens (including phenoxy) is 1. The molecule has 41 heavy (non-hydrogen) atoms. The summed E-state index contributed by atoms with van der Waals surface area (Å²) in [6, 6.07) is 11.2. The summed E-state index contributed by atoms with van der Waals surface area (Å²) in [5.41, 5.74) is 0.117. The Hall–Kier alpha value is -4.78. The third kappa shape index (κ3) is 6.35. The maximum atomic E-state index is 14.3. The minimum Gasteiger partial charge on any atom is -0.444 e. The molecule has 1 N–H and O–H groups in total. The fourth-order valence-electron chi connectivity index (χ4n) is 4.99. The van der Waals surface area contributed by atoms with Crippen molar-refractivity contribution in [3.63, 3.8) is 0 Å². The van der Waals surface area contributed by atoms with E-state index in [0.29, 0.717) is 36.9 Å². The van der Waals surface area contributed by atoms with Gasteiger partial charge in [0.15, 0.2) is 5.65 Å². The van der Waals surface area contributed by atoms with Gasteiger partial charge < -0.3 is 10.1 Å². The summed E-state index contributed by atoms with van der Waals surface area (Å²) >= 11 is 0. The molecule has 0 bridgehead atoms. The Morgan fingerprint density at radius 3 is 2.46 bits per heavy atom. The first-order chi connectivity index (χ1) is 19.6. The van der Waals surface area contributed by atoms with Crippen molar-refractivity contribution in [2.45, 2.75) is 64.1 Å². The fraction of sp³-hybridized carbons (Fsp3) is 0.323. The minimum absolute atomic E-state index is 0.00505. The monoisotopic (exact) mass is 555 g/mol. The molecule has 4 aromatic rings. The molecule has 210 valence electrons. The number of alkyl carbamates (subject to hydrolysis) is 1. The predicted octanol–water partition coefficient (Wildman–Crippen LogP) is 4.49. The number of halogens is 1. The number of rotatable bonds is 3. The second-order valence-corrected chi connectivity index (χ2v) is 11.0. The number of pyridine rings is 2. The van der Waals surface area contributed by atoms with E-state index in [9.17, 15) is 18.8 Å². The number of nitrogens with zero attached hydrogens (tertiary/aromatic N) is 4. The summed E-state index contributed by atoms with van der Waals surface area (Å²) in [5.74, 6) is 5.44. The number of carbonyl (C=O) groups is 1. The average Bonchev–Trinajstić information content (AvgIpc) is 2.93. The van der Waals surface area contributed by atoms with Gasteiger partial charge in [-0.3, -0.25) is 14.3 Å². The number of amides is 1. The van der Waals surface area contributed by atoms with E-state index in [4.69, 9.17) is 4.74 Å². The lowest BCUT2D eigenvalue weighted by molar-refractivity contribution is 0.0487. The SMILES string of the molecule is CC(C)(C)OC(=O)N[C@H]1CC[C@@H](n2c(=O)c3cc(F)cnc3n(-c3cccc(C#Cc4cccnc4)c3)c2=O)CC1. The lowest BCUT2D eigenvalue weighted by Gasteiger charge is -2.31. The van der Waals surface area contributed by atoms with Gasteiger partial charge in [0.05, 0.1) is 17.3 Å². The average molecular weight is 556 g/mol. The van der Waals surface area contributed by atoms with Gasteiger partial charge in [-0.15, -0.1) is 0 Å². The number of carbonyl (C=O) groups excluding carboxylic acids is 1. The lowest BCUT2D eigenvalue weighted by Crippen LogP contribution is -2.45. The maximum absolute atomic E-state index is 14.3. The first-order valence-corrected chi connectivity index (χ1v) is 13.4. The van der Waals surface area contributed by atoms with Crippen LogP contribution in [0.1, 0.15) is 63.6 Å². The van der Waals surface area contributed by atoms with Gasteiger partial charge in [-0.05, 0) is 82.9 Å². The molecule has 1 aliphatic carbocycles. The van der Waals surface area contributed by atoms with E-state index in [1.165, 1.54) is 9.13 Å². The number of hydrogen-bond donors (Lipinski definition) is 1. The van der Waals surface area contributed by atoms with Gasteiger partial charge >= 0.3 is 11.8 Å². The molecule has 10 heteroatoms. The molecule has 0 radical (unpaired) electrons. The van der Waals surface area contributed by atoms with Gasteiger partial charge in [0.1, 0.15) is 11.4 Å². The van der Waals surface area contributed by atoms with Crippen LogP contribution in [0.4, 0.5) is 9.18 Å². The van der Waals surface area contributed by atoms with Gasteiger partial charge in [0.2, 0.25) is 0 Å². The molecule has 1 amide bonds. The normalized spacial score (nSPS) is 17.0. The zero-order valence-electron chi connectivity index (χ0n) is 23.1. The Kier molecular flexibility index (Phi) is 7.70. The number of fused-ring (bicyclic) bond motifs is 1. The Labute approximate surface area is 236 Å². The van der Waals surface area contributed by atoms with Gasteiger partial charge in [-0.1, -0.05) is 17.9 Å². The first-order valence-electron chi connectivity index (χ1n) is 13.4. The molecule has 9 nitrogen and oxygen atoms in total. The zero-order valence-corrected chi connectivity index (χ0v) is 23.1. The van der Waals surface area contributed by atoms with Gasteiger partial charge in [0.25, 0.3) is 5.56 Å². The van der Waals surface area contributed by atoms with E-state index in [-0.39, 0.29) is 17.1 Å². The molecule has 3 aromatic heterocycles. The maximum Gasteiger partial charge on any atom is 0.407 e. The minimum atomic E-state index is -0.673. The van der Waals surface area contributed by atoms with Gasteiger partial charge in [-0.25, -0.2) is 23.5 Å². The van der Waals surface area contributed by atoms with Crippen LogP contribution in [0.25, 0.3) is 16.7 Å². The van der Waals surface area contributed by atoms with Gasteiger partial charge in [-0.2, -0.15) is 0 Å². The standard InChI is InChI=1S/C31H30FN5O4/c1-31(2,3)41-29(39)35-23-11-13-24(14-12-23)37-28(38)26-17-22(32)19-34-27(26)36(30(37)40)25-8-4-6-20(16-25)9-10-21-7-5-15-33-18-21/h4-8,15-19,23-24H,11-14H2,1-3H3,(H,35,39)/t23-,24+. The summed E-state index contributed by atoms with van der Waals surface area (Å²) in [7, 11) is 0. The van der Waals surface area contributed by atoms with Crippen LogP contribution in [-0.4, -0.2) is 36.8 Å². The molecular weight excluding hydrogens is 525 g/mol. The molecule has 1 saturated carbocycles. The Bertz CT molecular complexity index is 1770. The Morgan fingerprint density at radius 2 is 1.76 bits per heavy atom. The molecule has 1 aliphatic rings. The summed E-state index contributed by atoms with van der Waals surface area (Å²) in [6.07, 6.45) is 5.85. The highest BCUT2D eigenvalue weighted by Gasteiger charge is 2.29. The smallest absolute Gasteiger partial charge is 0.407 e. The Morgan fingerprint density at radius 1 is 1.02 bits per heavy atom. The summed E-state index contributed by atoms with van der Waals surface area (Å²) in [6.45, 7) is 5.38. The molecule has 0 spiro atoms. The van der Waals surface area contributed by atoms with Crippen molar-refractivity contribution in [2.24, 2.45) is 0 Å². The van der Waals surface area contributed by atoms with Crippen molar-refractivity contribution >= 4 is 17.1 Å². The molecule has 1 aromatic carbocycles. The van der Waals surface area contributed by atoms with Crippen LogP contribution >= 0.6 is 0 Å². The van der Waals surface area contributed by atoms with Crippen molar-refractivity contribution in [1.29, 1.82) is 0 Å². The molecule has 1 fully saturated rings. The second kappa shape index (κ2) is 11.4. The molecule has 0 atom stereocenters. The third-order valence-electron chi connectivity index (χ3n) is 6.79. The number of hydrogen-bond acceptors (Lipinski definition) is 6. The van der Waals surface area contributed by atoms with Crippen LogP contribution in [0.15, 0.2) is 70.6 Å². The molecule has 0 saturated heterocycles. The van der Waals surface area contributed by atoms with Crippen molar-refractivity contribution in [3.8, 4) is 17.5 Å². The number of nitrogens with one attached hydrogen (secondary N) is 1. The summed E-state index contributed by atoms with van der Waals surface area (Å²) in [4.78, 5) is 47.9. The van der Waals surface area contributed by atoms with E-state index < -0.39 is 34.8 Å². The largest absolute Gasteiger partial charge is 0.444 e. The van der Waals surface area contributed by atoms with Crippen LogP contribution in [0, 0.1) is 17.7 Å². The molecule has 0 aliphatic heterocycles. The summed E-state index contributed by atoms with van der Waals surface area (Å²) < 4.78 is 22.1. The number of aromatic nitrogens is 4. The zero-order chi connectivity index (χ0) is 29.1. The summed E-state index contributed by atoms with van der Waals surface area (Å²) in [5, 5.41) is 2.88. The van der Waals surface area contributed by atoms with Crippen molar-refractivity contribution in [2.75, 3.05) is 0 Å². The highest BCUT2D eigenvalue weighted by Crippen LogP contribution is 2.28. The van der Waals surface area contributed by atoms with Crippen LogP contribution in [-0.2, 0) is 4.74 Å². The highest BCUT2D eigenvalue weighted by molar-refractivity contribution is 5.75. The van der Waals surface area contributed by atoms with Crippen molar-refractivity contribution < 1.29 is 13.9 Å². The topological polar surface area (TPSA) is 108 Å². The molecule has 5 rings (SSSR count). The van der Waals surface area contributed by atoms with E-state index >= 15 is 0 Å². The van der Waals surface area contributed by atoms with E-state index in [2.05, 4.69) is 27.1 Å². The number of benzene rings is 1. The second-order valence-electron chi connectivity index (χ2n) is 11.0. The van der Waals surface area contributed by atoms with Crippen LogP contribution in [0.3, 0.4) is 0 Å². The van der Waals surface area contributed by atoms with E-state index in [1.807, 2.05) is 12.1 Å². The quantitative estimate of drug-likeness (QED) is 0.373. The highest BCUT2D eigenvalue weighted by atomic mass is 19.1. The van der Waals surface area contributed by atoms with Crippen LogP contribution in [0.2, 0.25) is 0 Å². The molecule has 0 unspecified atom stereocenters. The van der Waals surface area contributed by atoms with Crippen molar-refractivity contribution in [3.05, 3.63) is 98.8 Å². The lowest BCUT2D eigenvalue weighted by atomic mass is 9.91. The van der Waals surface area contributed by atoms with Crippen LogP contribution in [0.5, 0.6) is 0 Å². The first kappa shape index (κ1) is 27.8.